The Labute approximate surface area is 162 Å². The van der Waals surface area contributed by atoms with Gasteiger partial charge in [0.2, 0.25) is 0 Å². The van der Waals surface area contributed by atoms with Crippen molar-refractivity contribution in [1.82, 2.24) is 4.98 Å². The molecule has 0 atom stereocenters. The first-order chi connectivity index (χ1) is 12.6. The van der Waals surface area contributed by atoms with Gasteiger partial charge < -0.3 is 9.47 Å². The van der Waals surface area contributed by atoms with Crippen LogP contribution in [0.1, 0.15) is 10.1 Å². The fourth-order valence-electron chi connectivity index (χ4n) is 2.61. The summed E-state index contributed by atoms with van der Waals surface area (Å²) in [5.41, 5.74) is 1.92. The van der Waals surface area contributed by atoms with Crippen molar-refractivity contribution >= 4 is 50.8 Å². The number of fused-ring (bicyclic) bond motifs is 1. The molecule has 4 rings (SSSR count). The summed E-state index contributed by atoms with van der Waals surface area (Å²) in [5, 5.41) is 11.3. The Hall–Kier alpha value is -1.97. The molecule has 0 bridgehead atoms. The van der Waals surface area contributed by atoms with E-state index in [1.165, 1.54) is 29.0 Å². The van der Waals surface area contributed by atoms with Gasteiger partial charge in [0.1, 0.15) is 0 Å². The summed E-state index contributed by atoms with van der Waals surface area (Å²) in [6, 6.07) is 10.5. The van der Waals surface area contributed by atoms with Gasteiger partial charge in [0.05, 0.1) is 26.8 Å². The minimum atomic E-state index is -0.416. The average molecular weight is 407 g/mol. The Bertz CT molecular complexity index is 970. The van der Waals surface area contributed by atoms with E-state index in [9.17, 15) is 10.1 Å². The van der Waals surface area contributed by atoms with Crippen molar-refractivity contribution in [3.05, 3.63) is 52.1 Å². The van der Waals surface area contributed by atoms with Gasteiger partial charge in [-0.2, -0.15) is 0 Å². The monoisotopic (exact) mass is 406 g/mol. The van der Waals surface area contributed by atoms with Crippen LogP contribution in [0, 0.1) is 10.1 Å². The Balaban J connectivity index is 1.61. The van der Waals surface area contributed by atoms with Crippen molar-refractivity contribution in [1.29, 1.82) is 0 Å². The van der Waals surface area contributed by atoms with Crippen molar-refractivity contribution in [2.24, 2.45) is 0 Å². The highest BCUT2D eigenvalue weighted by molar-refractivity contribution is 8.19. The normalized spacial score (nSPS) is 14.7. The number of hydrogen-bond donors (Lipinski definition) is 0. The number of nitro groups is 1. The molecule has 2 aromatic carbocycles. The summed E-state index contributed by atoms with van der Waals surface area (Å²) < 4.78 is 12.5. The summed E-state index contributed by atoms with van der Waals surface area (Å²) in [6.07, 6.45) is 0. The summed E-state index contributed by atoms with van der Waals surface area (Å²) in [4.78, 5) is 14.9. The Morgan fingerprint density at radius 2 is 1.96 bits per heavy atom. The van der Waals surface area contributed by atoms with Crippen LogP contribution in [0.15, 0.2) is 36.4 Å². The molecule has 6 nitrogen and oxygen atoms in total. The lowest BCUT2D eigenvalue weighted by molar-refractivity contribution is -0.384. The van der Waals surface area contributed by atoms with Crippen LogP contribution in [0.2, 0.25) is 0 Å². The number of ether oxygens (including phenoxy) is 2. The molecule has 26 heavy (non-hydrogen) atoms. The minimum absolute atomic E-state index is 0.0428. The van der Waals surface area contributed by atoms with E-state index in [0.29, 0.717) is 31.5 Å². The number of thiazole rings is 1. The van der Waals surface area contributed by atoms with E-state index < -0.39 is 4.92 Å². The second kappa shape index (κ2) is 7.34. The average Bonchev–Trinajstić information content (AvgIpc) is 3.30. The number of nitrogens with zero attached hydrogens (tertiary/aromatic N) is 2. The largest absolute Gasteiger partial charge is 0.493 e. The molecule has 0 spiro atoms. The van der Waals surface area contributed by atoms with Gasteiger partial charge in [-0.25, -0.2) is 4.98 Å². The zero-order valence-corrected chi connectivity index (χ0v) is 16.2. The van der Waals surface area contributed by atoms with Crippen LogP contribution >= 0.6 is 34.9 Å². The summed E-state index contributed by atoms with van der Waals surface area (Å²) in [7, 11) is 1.61. The zero-order valence-electron chi connectivity index (χ0n) is 13.7. The summed E-state index contributed by atoms with van der Waals surface area (Å²) in [5.74, 6) is 3.56. The summed E-state index contributed by atoms with van der Waals surface area (Å²) >= 11 is 5.14. The quantitative estimate of drug-likeness (QED) is 0.410. The first kappa shape index (κ1) is 17.4. The molecule has 134 valence electrons. The number of non-ortho nitro benzene ring substituents is 1. The second-order valence-corrected chi connectivity index (χ2v) is 9.19. The number of aromatic nitrogens is 1. The van der Waals surface area contributed by atoms with Gasteiger partial charge in [-0.05, 0) is 23.8 Å². The van der Waals surface area contributed by atoms with E-state index >= 15 is 0 Å². The third kappa shape index (κ3) is 3.46. The number of hydrogen-bond acceptors (Lipinski definition) is 8. The molecule has 3 aromatic rings. The first-order valence-corrected chi connectivity index (χ1v) is 10.7. The van der Waals surface area contributed by atoms with Crippen molar-refractivity contribution in [2.75, 3.05) is 18.6 Å². The Morgan fingerprint density at radius 3 is 2.69 bits per heavy atom. The molecule has 0 saturated carbocycles. The van der Waals surface area contributed by atoms with Gasteiger partial charge in [0.25, 0.3) is 10.9 Å². The van der Waals surface area contributed by atoms with Crippen LogP contribution in [0.5, 0.6) is 16.7 Å². The molecule has 9 heteroatoms. The number of thioether (sulfide) groups is 2. The maximum absolute atomic E-state index is 10.9. The predicted molar refractivity (Wildman–Crippen MR) is 107 cm³/mol. The van der Waals surface area contributed by atoms with Crippen molar-refractivity contribution in [2.45, 2.75) is 4.58 Å². The molecule has 0 aliphatic carbocycles. The molecule has 1 aromatic heterocycles. The molecule has 0 N–H and O–H groups in total. The van der Waals surface area contributed by atoms with E-state index in [2.05, 4.69) is 4.98 Å². The number of nitro benzene ring substituents is 1. The van der Waals surface area contributed by atoms with Crippen LogP contribution in [0.3, 0.4) is 0 Å². The number of rotatable bonds is 5. The fourth-order valence-corrected chi connectivity index (χ4v) is 6.31. The molecule has 1 aliphatic rings. The van der Waals surface area contributed by atoms with Crippen LogP contribution in [0.25, 0.3) is 10.2 Å². The van der Waals surface area contributed by atoms with Gasteiger partial charge in [-0.15, -0.1) is 23.5 Å². The third-order valence-corrected chi connectivity index (χ3v) is 7.84. The Kier molecular flexibility index (Phi) is 4.92. The van der Waals surface area contributed by atoms with Gasteiger partial charge in [-0.1, -0.05) is 17.4 Å². The van der Waals surface area contributed by atoms with Crippen molar-refractivity contribution in [3.63, 3.8) is 0 Å². The van der Waals surface area contributed by atoms with Crippen molar-refractivity contribution < 1.29 is 14.4 Å². The summed E-state index contributed by atoms with van der Waals surface area (Å²) in [6.45, 7) is 0. The number of benzene rings is 2. The predicted octanol–water partition coefficient (Wildman–Crippen LogP) is 5.48. The van der Waals surface area contributed by atoms with Gasteiger partial charge in [0.15, 0.2) is 11.5 Å². The second-order valence-electron chi connectivity index (χ2n) is 5.47. The molecule has 1 aliphatic heterocycles. The minimum Gasteiger partial charge on any atom is -0.493 e. The van der Waals surface area contributed by atoms with Gasteiger partial charge >= 0.3 is 0 Å². The topological polar surface area (TPSA) is 74.5 Å². The molecular weight excluding hydrogens is 392 g/mol. The van der Waals surface area contributed by atoms with Crippen LogP contribution in [-0.2, 0) is 0 Å². The molecular formula is C17H14N2O4S3. The van der Waals surface area contributed by atoms with E-state index in [0.717, 1.165) is 11.5 Å². The van der Waals surface area contributed by atoms with Crippen LogP contribution in [-0.4, -0.2) is 28.5 Å². The molecule has 2 heterocycles. The SMILES string of the molecule is COc1cc(C2SCCS2)ccc1Oc1nc2ccc([N+](=O)[O-])cc2s1. The van der Waals surface area contributed by atoms with Crippen molar-refractivity contribution in [3.8, 4) is 16.7 Å². The Morgan fingerprint density at radius 1 is 1.15 bits per heavy atom. The molecule has 0 unspecified atom stereocenters. The van der Waals surface area contributed by atoms with Gasteiger partial charge in [-0.3, -0.25) is 10.1 Å². The van der Waals surface area contributed by atoms with E-state index in [4.69, 9.17) is 9.47 Å². The molecule has 0 radical (unpaired) electrons. The number of methoxy groups -OCH3 is 1. The lowest BCUT2D eigenvalue weighted by Crippen LogP contribution is -1.93. The highest BCUT2D eigenvalue weighted by Crippen LogP contribution is 2.47. The highest BCUT2D eigenvalue weighted by Gasteiger charge is 2.20. The first-order valence-electron chi connectivity index (χ1n) is 7.78. The molecule has 1 fully saturated rings. The van der Waals surface area contributed by atoms with Gasteiger partial charge in [0, 0.05) is 23.6 Å². The maximum atomic E-state index is 10.9. The van der Waals surface area contributed by atoms with E-state index in [-0.39, 0.29) is 5.69 Å². The lowest BCUT2D eigenvalue weighted by atomic mass is 10.2. The zero-order chi connectivity index (χ0) is 18.1. The fraction of sp³-hybridized carbons (Fsp3) is 0.235. The standard InChI is InChI=1S/C17H14N2O4S3/c1-22-14-8-10(16-24-6-7-25-16)2-5-13(14)23-17-18-12-4-3-11(19(20)21)9-15(12)26-17/h2-5,8-9,16H,6-7H2,1H3. The molecule has 0 amide bonds. The maximum Gasteiger partial charge on any atom is 0.279 e. The highest BCUT2D eigenvalue weighted by atomic mass is 32.2. The van der Waals surface area contributed by atoms with Crippen LogP contribution < -0.4 is 9.47 Å². The third-order valence-electron chi connectivity index (χ3n) is 3.84. The van der Waals surface area contributed by atoms with Crippen LogP contribution in [0.4, 0.5) is 5.69 Å². The molecule has 1 saturated heterocycles. The lowest BCUT2D eigenvalue weighted by Gasteiger charge is -2.13. The van der Waals surface area contributed by atoms with E-state index in [1.54, 1.807) is 13.2 Å². The smallest absolute Gasteiger partial charge is 0.279 e. The van der Waals surface area contributed by atoms with E-state index in [1.807, 2.05) is 41.7 Å².